The molecule has 3 amide bonds. The van der Waals surface area contributed by atoms with E-state index in [1.165, 1.54) is 14.0 Å². The van der Waals surface area contributed by atoms with Gasteiger partial charge in [0.15, 0.2) is 0 Å². The second kappa shape index (κ2) is 11.3. The number of nitrogens with one attached hydrogen (secondary N) is 1. The number of amides is 3. The third kappa shape index (κ3) is 5.31. The van der Waals surface area contributed by atoms with Crippen LogP contribution >= 0.6 is 0 Å². The lowest BCUT2D eigenvalue weighted by atomic mass is 9.87. The first kappa shape index (κ1) is 27.3. The molecule has 2 unspecified atom stereocenters. The van der Waals surface area contributed by atoms with E-state index in [0.29, 0.717) is 17.4 Å². The molecule has 2 atom stereocenters. The zero-order valence-electron chi connectivity index (χ0n) is 22.0. The molecule has 5 rings (SSSR count). The molecule has 0 aliphatic carbocycles. The fraction of sp³-hybridized carbons (Fsp3) is 0.226. The molecule has 1 fully saturated rings. The van der Waals surface area contributed by atoms with Gasteiger partial charge >= 0.3 is 11.7 Å². The summed E-state index contributed by atoms with van der Waals surface area (Å²) >= 11 is 0. The number of para-hydroxylation sites is 1. The molecule has 39 heavy (non-hydrogen) atoms. The number of nitrogens with zero attached hydrogens (tertiary/aromatic N) is 1. The third-order valence-electron chi connectivity index (χ3n) is 6.95. The second-order valence-corrected chi connectivity index (χ2v) is 9.44. The number of rotatable bonds is 6. The zero-order valence-corrected chi connectivity index (χ0v) is 22.0. The standard InChI is InChI=1S/C19H16O4.C12H14N2O2/c1-12(20)11-15(13-7-3-2-4-8-13)17-18(21)14-9-5-6-10-16(14)23-19(17)22;1-3-12(9-7-5-4-6-8-9)10(15)14(2)11(16)13-12/h2-10,15,21H,11H2,1H3;4-8H,3H2,1-2H3,(H,13,16). The van der Waals surface area contributed by atoms with Gasteiger partial charge < -0.3 is 14.8 Å². The maximum absolute atomic E-state index is 12.4. The van der Waals surface area contributed by atoms with Crippen LogP contribution in [0.5, 0.6) is 5.75 Å². The highest BCUT2D eigenvalue weighted by Crippen LogP contribution is 2.36. The number of hydrogen-bond donors (Lipinski definition) is 2. The number of likely N-dealkylation sites (N-methyl/N-ethyl adjacent to an activating group) is 1. The van der Waals surface area contributed by atoms with E-state index in [4.69, 9.17) is 4.42 Å². The van der Waals surface area contributed by atoms with E-state index in [-0.39, 0.29) is 35.5 Å². The fourth-order valence-electron chi connectivity index (χ4n) is 4.87. The number of urea groups is 1. The van der Waals surface area contributed by atoms with Crippen molar-refractivity contribution < 1.29 is 23.9 Å². The Morgan fingerprint density at radius 3 is 2.10 bits per heavy atom. The molecule has 0 radical (unpaired) electrons. The number of aromatic hydroxyl groups is 1. The number of Topliss-reactive ketones (excluding diaryl/α,β-unsaturated/α-hetero) is 1. The first-order chi connectivity index (χ1) is 18.7. The molecule has 0 saturated carbocycles. The average Bonchev–Trinajstić information content (AvgIpc) is 3.18. The number of ketones is 1. The van der Waals surface area contributed by atoms with E-state index in [9.17, 15) is 24.3 Å². The Bertz CT molecular complexity index is 1560. The van der Waals surface area contributed by atoms with Crippen LogP contribution in [0, 0.1) is 0 Å². The largest absolute Gasteiger partial charge is 0.507 e. The molecule has 1 aromatic heterocycles. The molecule has 0 bridgehead atoms. The Morgan fingerprint density at radius 1 is 0.949 bits per heavy atom. The molecule has 8 nitrogen and oxygen atoms in total. The summed E-state index contributed by atoms with van der Waals surface area (Å²) in [6.45, 7) is 3.36. The molecule has 8 heteroatoms. The predicted molar refractivity (Wildman–Crippen MR) is 147 cm³/mol. The van der Waals surface area contributed by atoms with Crippen LogP contribution < -0.4 is 10.9 Å². The first-order valence-electron chi connectivity index (χ1n) is 12.6. The number of fused-ring (bicyclic) bond motifs is 1. The van der Waals surface area contributed by atoms with E-state index in [1.807, 2.05) is 67.6 Å². The minimum absolute atomic E-state index is 0.0641. The maximum atomic E-state index is 12.4. The molecule has 3 aromatic carbocycles. The Hall–Kier alpha value is -4.72. The Kier molecular flexibility index (Phi) is 7.95. The summed E-state index contributed by atoms with van der Waals surface area (Å²) in [5, 5.41) is 13.8. The summed E-state index contributed by atoms with van der Waals surface area (Å²) in [7, 11) is 1.50. The predicted octanol–water partition coefficient (Wildman–Crippen LogP) is 5.08. The Balaban J connectivity index is 0.000000193. The third-order valence-corrected chi connectivity index (χ3v) is 6.95. The van der Waals surface area contributed by atoms with Crippen molar-refractivity contribution in [3.8, 4) is 5.75 Å². The molecule has 2 N–H and O–H groups in total. The monoisotopic (exact) mass is 526 g/mol. The van der Waals surface area contributed by atoms with Crippen molar-refractivity contribution in [2.45, 2.75) is 38.1 Å². The highest BCUT2D eigenvalue weighted by Gasteiger charge is 2.49. The van der Waals surface area contributed by atoms with Crippen LogP contribution in [0.2, 0.25) is 0 Å². The summed E-state index contributed by atoms with van der Waals surface area (Å²) in [6, 6.07) is 25.0. The first-order valence-corrected chi connectivity index (χ1v) is 12.6. The molecular formula is C31H30N2O6. The molecule has 4 aromatic rings. The van der Waals surface area contributed by atoms with Gasteiger partial charge in [-0.3, -0.25) is 14.5 Å². The minimum Gasteiger partial charge on any atom is -0.507 e. The van der Waals surface area contributed by atoms with Crippen molar-refractivity contribution in [2.75, 3.05) is 7.05 Å². The van der Waals surface area contributed by atoms with Crippen LogP contribution in [0.3, 0.4) is 0 Å². The van der Waals surface area contributed by atoms with Crippen molar-refractivity contribution in [3.63, 3.8) is 0 Å². The van der Waals surface area contributed by atoms with Crippen LogP contribution in [0.25, 0.3) is 11.0 Å². The van der Waals surface area contributed by atoms with Gasteiger partial charge in [0.1, 0.15) is 22.7 Å². The average molecular weight is 527 g/mol. The van der Waals surface area contributed by atoms with Crippen molar-refractivity contribution >= 4 is 28.7 Å². The lowest BCUT2D eigenvalue weighted by Crippen LogP contribution is -2.43. The van der Waals surface area contributed by atoms with Crippen molar-refractivity contribution in [2.24, 2.45) is 0 Å². The van der Waals surface area contributed by atoms with Gasteiger partial charge in [-0.25, -0.2) is 9.59 Å². The van der Waals surface area contributed by atoms with Crippen LogP contribution in [0.1, 0.15) is 49.3 Å². The van der Waals surface area contributed by atoms with Gasteiger partial charge in [-0.1, -0.05) is 79.7 Å². The highest BCUT2D eigenvalue weighted by molar-refractivity contribution is 6.07. The summed E-state index contributed by atoms with van der Waals surface area (Å²) < 4.78 is 5.33. The maximum Gasteiger partial charge on any atom is 0.343 e. The number of carbonyl (C=O) groups is 3. The van der Waals surface area contributed by atoms with Gasteiger partial charge in [0.2, 0.25) is 0 Å². The molecule has 1 saturated heterocycles. The highest BCUT2D eigenvalue weighted by atomic mass is 16.4. The zero-order chi connectivity index (χ0) is 28.2. The van der Waals surface area contributed by atoms with Crippen molar-refractivity contribution in [1.29, 1.82) is 0 Å². The Labute approximate surface area is 225 Å². The van der Waals surface area contributed by atoms with Gasteiger partial charge in [0.25, 0.3) is 5.91 Å². The summed E-state index contributed by atoms with van der Waals surface area (Å²) in [6.07, 6.45) is 0.673. The van der Waals surface area contributed by atoms with E-state index in [0.717, 1.165) is 16.0 Å². The minimum atomic E-state index is -0.882. The van der Waals surface area contributed by atoms with Gasteiger partial charge in [-0.2, -0.15) is 0 Å². The number of benzene rings is 3. The summed E-state index contributed by atoms with van der Waals surface area (Å²) in [5.74, 6) is -0.904. The van der Waals surface area contributed by atoms with Gasteiger partial charge in [0, 0.05) is 19.4 Å². The van der Waals surface area contributed by atoms with Crippen molar-refractivity contribution in [3.05, 3.63) is 112 Å². The molecule has 0 spiro atoms. The van der Waals surface area contributed by atoms with E-state index < -0.39 is 17.1 Å². The number of hydrogen-bond acceptors (Lipinski definition) is 6. The molecule has 1 aliphatic heterocycles. The van der Waals surface area contributed by atoms with Crippen LogP contribution in [0.4, 0.5) is 4.79 Å². The number of imide groups is 1. The SMILES string of the molecule is CC(=O)CC(c1ccccc1)c1c(O)c2ccccc2oc1=O.CCC1(c2ccccc2)NC(=O)N(C)C1=O. The van der Waals surface area contributed by atoms with Crippen LogP contribution in [-0.4, -0.2) is 34.8 Å². The van der Waals surface area contributed by atoms with Gasteiger partial charge in [-0.05, 0) is 36.6 Å². The van der Waals surface area contributed by atoms with E-state index in [1.54, 1.807) is 24.3 Å². The van der Waals surface area contributed by atoms with Gasteiger partial charge in [0.05, 0.1) is 10.9 Å². The molecule has 2 heterocycles. The van der Waals surface area contributed by atoms with Crippen molar-refractivity contribution in [1.82, 2.24) is 10.2 Å². The normalized spacial score (nSPS) is 17.4. The summed E-state index contributed by atoms with van der Waals surface area (Å²) in [4.78, 5) is 48.9. The quantitative estimate of drug-likeness (QED) is 0.267. The molecule has 200 valence electrons. The van der Waals surface area contributed by atoms with Crippen LogP contribution in [-0.2, 0) is 15.1 Å². The van der Waals surface area contributed by atoms with Gasteiger partial charge in [-0.15, -0.1) is 0 Å². The number of carbonyl (C=O) groups excluding carboxylic acids is 3. The topological polar surface area (TPSA) is 117 Å². The fourth-order valence-corrected chi connectivity index (χ4v) is 4.87. The summed E-state index contributed by atoms with van der Waals surface area (Å²) in [5.41, 5.74) is 0.586. The second-order valence-electron chi connectivity index (χ2n) is 9.44. The molecule has 1 aliphatic rings. The lowest BCUT2D eigenvalue weighted by molar-refractivity contribution is -0.130. The lowest BCUT2D eigenvalue weighted by Gasteiger charge is -2.25. The van der Waals surface area contributed by atoms with E-state index in [2.05, 4.69) is 5.32 Å². The van der Waals surface area contributed by atoms with Crippen LogP contribution in [0.15, 0.2) is 94.1 Å². The molecular weight excluding hydrogens is 496 g/mol. The smallest absolute Gasteiger partial charge is 0.343 e. The Morgan fingerprint density at radius 2 is 1.54 bits per heavy atom. The van der Waals surface area contributed by atoms with E-state index >= 15 is 0 Å².